The topological polar surface area (TPSA) is 121 Å². The molecule has 1 aliphatic carbocycles. The molecule has 216 valence electrons. The number of methoxy groups -OCH3 is 1. The zero-order valence-corrected chi connectivity index (χ0v) is 23.7. The number of anilines is 4. The Hall–Kier alpha value is -3.44. The number of hydrogen-bond acceptors (Lipinski definition) is 9. The van der Waals surface area contributed by atoms with Crippen molar-refractivity contribution in [2.75, 3.05) is 55.5 Å². The van der Waals surface area contributed by atoms with Crippen LogP contribution in [0.2, 0.25) is 0 Å². The number of nitrogens with one attached hydrogen (secondary N) is 3. The zero-order valence-electron chi connectivity index (χ0n) is 23.7. The van der Waals surface area contributed by atoms with E-state index in [4.69, 9.17) is 14.5 Å². The van der Waals surface area contributed by atoms with Gasteiger partial charge in [-0.2, -0.15) is 4.98 Å². The molecule has 0 spiro atoms. The van der Waals surface area contributed by atoms with Crippen LogP contribution < -0.4 is 30.5 Å². The highest BCUT2D eigenvalue weighted by Gasteiger charge is 2.41. The molecule has 5 rings (SSSR count). The number of fused-ring (bicyclic) bond motifs is 1. The summed E-state index contributed by atoms with van der Waals surface area (Å²) in [5, 5.41) is 9.51. The van der Waals surface area contributed by atoms with Crippen LogP contribution in [0.5, 0.6) is 5.75 Å². The fraction of sp³-hybridized carbons (Fsp3) is 0.586. The smallest absolute Gasteiger partial charge is 0.251 e. The molecule has 40 heavy (non-hydrogen) atoms. The molecular formula is C29H41N7O4. The van der Waals surface area contributed by atoms with Gasteiger partial charge in [0.15, 0.2) is 5.82 Å². The van der Waals surface area contributed by atoms with Gasteiger partial charge in [0, 0.05) is 25.2 Å². The predicted molar refractivity (Wildman–Crippen MR) is 155 cm³/mol. The van der Waals surface area contributed by atoms with Crippen molar-refractivity contribution < 1.29 is 19.1 Å². The number of aromatic nitrogens is 2. The largest absolute Gasteiger partial charge is 0.495 e. The van der Waals surface area contributed by atoms with E-state index in [9.17, 15) is 9.59 Å². The molecule has 3 N–H and O–H groups in total. The van der Waals surface area contributed by atoms with E-state index in [1.165, 1.54) is 0 Å². The normalized spacial score (nSPS) is 20.0. The molecule has 1 saturated carbocycles. The number of hydrogen-bond donors (Lipinski definition) is 3. The first kappa shape index (κ1) is 28.1. The average Bonchev–Trinajstić information content (AvgIpc) is 3.52. The first-order valence-corrected chi connectivity index (χ1v) is 14.5. The summed E-state index contributed by atoms with van der Waals surface area (Å²) in [6.07, 6.45) is 9.12. The number of carbonyl (C=O) groups excluding carboxylic acids is 2. The first-order chi connectivity index (χ1) is 19.5. The highest BCUT2D eigenvalue weighted by molar-refractivity contribution is 6.04. The SMILES string of the molecule is CCC1C(=O)N(C)c2cnc(Nc3ccc(C(=O)NCCOC4CCNCC4)cc3OC)nc2N1C1CCCC1. The summed E-state index contributed by atoms with van der Waals surface area (Å²) >= 11 is 0. The van der Waals surface area contributed by atoms with E-state index in [0.29, 0.717) is 48.6 Å². The van der Waals surface area contributed by atoms with Gasteiger partial charge in [-0.15, -0.1) is 0 Å². The highest BCUT2D eigenvalue weighted by atomic mass is 16.5. The molecule has 3 heterocycles. The number of rotatable bonds is 10. The quantitative estimate of drug-likeness (QED) is 0.382. The van der Waals surface area contributed by atoms with E-state index in [-0.39, 0.29) is 24.0 Å². The van der Waals surface area contributed by atoms with Crippen molar-refractivity contribution >= 4 is 35.0 Å². The van der Waals surface area contributed by atoms with E-state index in [0.717, 1.165) is 63.1 Å². The van der Waals surface area contributed by atoms with Gasteiger partial charge in [-0.05, 0) is 63.4 Å². The fourth-order valence-corrected chi connectivity index (χ4v) is 5.95. The van der Waals surface area contributed by atoms with Crippen LogP contribution in [-0.2, 0) is 9.53 Å². The molecule has 2 aromatic rings. The van der Waals surface area contributed by atoms with Crippen molar-refractivity contribution in [1.29, 1.82) is 0 Å². The Kier molecular flexibility index (Phi) is 9.01. The maximum atomic E-state index is 13.1. The van der Waals surface area contributed by atoms with Gasteiger partial charge >= 0.3 is 0 Å². The number of carbonyl (C=O) groups is 2. The number of ether oxygens (including phenoxy) is 2. The summed E-state index contributed by atoms with van der Waals surface area (Å²) in [7, 11) is 3.36. The van der Waals surface area contributed by atoms with E-state index >= 15 is 0 Å². The summed E-state index contributed by atoms with van der Waals surface area (Å²) < 4.78 is 11.5. The minimum atomic E-state index is -0.235. The summed E-state index contributed by atoms with van der Waals surface area (Å²) in [5.74, 6) is 1.59. The van der Waals surface area contributed by atoms with Crippen LogP contribution in [0.1, 0.15) is 62.2 Å². The Morgan fingerprint density at radius 1 is 1.18 bits per heavy atom. The van der Waals surface area contributed by atoms with Gasteiger partial charge in [-0.1, -0.05) is 19.8 Å². The molecule has 2 fully saturated rings. The Labute approximate surface area is 236 Å². The molecule has 11 heteroatoms. The van der Waals surface area contributed by atoms with Gasteiger partial charge in [0.1, 0.15) is 17.5 Å². The number of nitrogens with zero attached hydrogens (tertiary/aromatic N) is 4. The lowest BCUT2D eigenvalue weighted by molar-refractivity contribution is -0.120. The molecule has 1 atom stereocenters. The van der Waals surface area contributed by atoms with Crippen LogP contribution in [0.4, 0.5) is 23.1 Å². The van der Waals surface area contributed by atoms with E-state index in [1.807, 2.05) is 6.92 Å². The Bertz CT molecular complexity index is 1200. The first-order valence-electron chi connectivity index (χ1n) is 14.5. The van der Waals surface area contributed by atoms with Crippen LogP contribution in [-0.4, -0.2) is 80.4 Å². The van der Waals surface area contributed by atoms with Gasteiger partial charge in [-0.3, -0.25) is 9.59 Å². The van der Waals surface area contributed by atoms with Gasteiger partial charge in [-0.25, -0.2) is 4.98 Å². The van der Waals surface area contributed by atoms with Crippen molar-refractivity contribution in [1.82, 2.24) is 20.6 Å². The lowest BCUT2D eigenvalue weighted by Gasteiger charge is -2.43. The van der Waals surface area contributed by atoms with Gasteiger partial charge in [0.05, 0.1) is 31.7 Å². The minimum Gasteiger partial charge on any atom is -0.495 e. The Morgan fingerprint density at radius 3 is 2.67 bits per heavy atom. The third kappa shape index (κ3) is 6.00. The molecule has 2 amide bonds. The van der Waals surface area contributed by atoms with Crippen LogP contribution >= 0.6 is 0 Å². The molecule has 1 saturated heterocycles. The fourth-order valence-electron chi connectivity index (χ4n) is 5.95. The summed E-state index contributed by atoms with van der Waals surface area (Å²) in [6, 6.07) is 5.30. The maximum absolute atomic E-state index is 13.1. The standard InChI is InChI=1S/C29H41N7O4/c1-4-23-28(38)35(2)24-18-32-29(34-26(24)36(23)20-7-5-6-8-20)33-22-10-9-19(17-25(22)39-3)27(37)31-15-16-40-21-11-13-30-14-12-21/h9-10,17-18,20-21,23,30H,4-8,11-16H2,1-3H3,(H,31,37)(H,32,33,34). The maximum Gasteiger partial charge on any atom is 0.251 e. The van der Waals surface area contributed by atoms with Crippen molar-refractivity contribution in [3.05, 3.63) is 30.0 Å². The number of amides is 2. The van der Waals surface area contributed by atoms with Gasteiger partial charge in [0.2, 0.25) is 11.9 Å². The van der Waals surface area contributed by atoms with Crippen LogP contribution in [0.25, 0.3) is 0 Å². The lowest BCUT2D eigenvalue weighted by atomic mass is 10.0. The Morgan fingerprint density at radius 2 is 1.95 bits per heavy atom. The molecule has 1 aromatic heterocycles. The monoisotopic (exact) mass is 551 g/mol. The van der Waals surface area contributed by atoms with E-state index in [1.54, 1.807) is 43.5 Å². The molecule has 1 unspecified atom stereocenters. The number of benzene rings is 1. The van der Waals surface area contributed by atoms with E-state index in [2.05, 4.69) is 25.8 Å². The van der Waals surface area contributed by atoms with Crippen molar-refractivity contribution in [3.8, 4) is 5.75 Å². The molecule has 2 aliphatic heterocycles. The highest BCUT2D eigenvalue weighted by Crippen LogP contribution is 2.40. The second kappa shape index (κ2) is 12.8. The number of likely N-dealkylation sites (N-methyl/N-ethyl adjacent to an activating group) is 1. The lowest BCUT2D eigenvalue weighted by Crippen LogP contribution is -2.55. The second-order valence-electron chi connectivity index (χ2n) is 10.7. The third-order valence-electron chi connectivity index (χ3n) is 8.15. The van der Waals surface area contributed by atoms with Crippen molar-refractivity contribution in [3.63, 3.8) is 0 Å². The van der Waals surface area contributed by atoms with Gasteiger partial charge in [0.25, 0.3) is 5.91 Å². The summed E-state index contributed by atoms with van der Waals surface area (Å²) in [5.41, 5.74) is 1.86. The second-order valence-corrected chi connectivity index (χ2v) is 10.7. The Balaban J connectivity index is 1.28. The van der Waals surface area contributed by atoms with Crippen LogP contribution in [0.3, 0.4) is 0 Å². The van der Waals surface area contributed by atoms with Gasteiger partial charge < -0.3 is 35.2 Å². The molecule has 1 aromatic carbocycles. The molecule has 0 bridgehead atoms. The summed E-state index contributed by atoms with van der Waals surface area (Å²) in [6.45, 7) is 4.93. The molecule has 11 nitrogen and oxygen atoms in total. The third-order valence-corrected chi connectivity index (χ3v) is 8.15. The van der Waals surface area contributed by atoms with Crippen LogP contribution in [0.15, 0.2) is 24.4 Å². The van der Waals surface area contributed by atoms with Crippen molar-refractivity contribution in [2.45, 2.75) is 70.1 Å². The average molecular weight is 552 g/mol. The van der Waals surface area contributed by atoms with Crippen molar-refractivity contribution in [2.24, 2.45) is 0 Å². The molecular weight excluding hydrogens is 510 g/mol. The molecule has 0 radical (unpaired) electrons. The van der Waals surface area contributed by atoms with Crippen LogP contribution in [0, 0.1) is 0 Å². The molecule has 3 aliphatic rings. The minimum absolute atomic E-state index is 0.0830. The predicted octanol–water partition coefficient (Wildman–Crippen LogP) is 3.23. The van der Waals surface area contributed by atoms with E-state index < -0.39 is 0 Å². The summed E-state index contributed by atoms with van der Waals surface area (Å²) in [4.78, 5) is 39.2. The zero-order chi connectivity index (χ0) is 28.1. The number of piperidine rings is 1.